The molecule has 0 radical (unpaired) electrons. The van der Waals surface area contributed by atoms with Crippen molar-refractivity contribution in [3.05, 3.63) is 58.6 Å². The van der Waals surface area contributed by atoms with Crippen molar-refractivity contribution >= 4 is 11.6 Å². The van der Waals surface area contributed by atoms with Crippen LogP contribution in [0.15, 0.2) is 42.5 Å². The lowest BCUT2D eigenvalue weighted by Crippen LogP contribution is -2.06. The minimum Gasteiger partial charge on any atom is -0.490 e. The summed E-state index contributed by atoms with van der Waals surface area (Å²) < 4.78 is 11.5. The molecule has 0 atom stereocenters. The average Bonchev–Trinajstić information content (AvgIpc) is 2.48. The van der Waals surface area contributed by atoms with Crippen LogP contribution in [0.2, 0.25) is 5.02 Å². The summed E-state index contributed by atoms with van der Waals surface area (Å²) in [5.41, 5.74) is 2.16. The molecule has 0 fully saturated rings. The van der Waals surface area contributed by atoms with Crippen LogP contribution >= 0.6 is 11.6 Å². The molecule has 2 rings (SSSR count). The molecule has 0 amide bonds. The van der Waals surface area contributed by atoms with E-state index in [1.54, 1.807) is 0 Å². The Kier molecular flexibility index (Phi) is 5.90. The van der Waals surface area contributed by atoms with Crippen molar-refractivity contribution in [2.75, 3.05) is 13.7 Å². The molecule has 0 saturated heterocycles. The quantitative estimate of drug-likeness (QED) is 0.837. The summed E-state index contributed by atoms with van der Waals surface area (Å²) in [6.07, 6.45) is 0. The Morgan fingerprint density at radius 3 is 2.48 bits per heavy atom. The normalized spacial score (nSPS) is 10.4. The third-order valence-corrected chi connectivity index (χ3v) is 3.26. The Morgan fingerprint density at radius 1 is 1.05 bits per heavy atom. The predicted molar refractivity (Wildman–Crippen MR) is 86.2 cm³/mol. The molecule has 0 aliphatic rings. The van der Waals surface area contributed by atoms with Gasteiger partial charge >= 0.3 is 0 Å². The number of ether oxygens (including phenoxy) is 2. The lowest BCUT2D eigenvalue weighted by atomic mass is 10.2. The van der Waals surface area contributed by atoms with Gasteiger partial charge in [0.2, 0.25) is 0 Å². The third kappa shape index (κ3) is 4.38. The van der Waals surface area contributed by atoms with Gasteiger partial charge in [-0.2, -0.15) is 0 Å². The molecule has 0 saturated carbocycles. The van der Waals surface area contributed by atoms with Gasteiger partial charge in [0.15, 0.2) is 11.5 Å². The van der Waals surface area contributed by atoms with Gasteiger partial charge in [-0.15, -0.1) is 0 Å². The zero-order valence-corrected chi connectivity index (χ0v) is 13.1. The Morgan fingerprint density at radius 2 is 1.81 bits per heavy atom. The van der Waals surface area contributed by atoms with Crippen LogP contribution in [-0.4, -0.2) is 13.7 Å². The van der Waals surface area contributed by atoms with Gasteiger partial charge in [-0.1, -0.05) is 41.9 Å². The number of halogens is 1. The van der Waals surface area contributed by atoms with E-state index in [9.17, 15) is 0 Å². The van der Waals surface area contributed by atoms with Crippen LogP contribution in [-0.2, 0) is 13.2 Å². The summed E-state index contributed by atoms with van der Waals surface area (Å²) in [6, 6.07) is 13.9. The molecule has 3 nitrogen and oxygen atoms in total. The molecule has 2 aromatic rings. The van der Waals surface area contributed by atoms with Crippen molar-refractivity contribution in [2.45, 2.75) is 20.1 Å². The van der Waals surface area contributed by atoms with Crippen LogP contribution < -0.4 is 14.8 Å². The SMILES string of the molecule is CCOc1cc(CNC)cc(Cl)c1OCc1ccccc1. The maximum Gasteiger partial charge on any atom is 0.180 e. The topological polar surface area (TPSA) is 30.5 Å². The van der Waals surface area contributed by atoms with Crippen molar-refractivity contribution < 1.29 is 9.47 Å². The maximum absolute atomic E-state index is 6.34. The minimum absolute atomic E-state index is 0.464. The fourth-order valence-corrected chi connectivity index (χ4v) is 2.35. The minimum atomic E-state index is 0.464. The Bertz CT molecular complexity index is 573. The first-order chi connectivity index (χ1) is 10.2. The average molecular weight is 306 g/mol. The Balaban J connectivity index is 2.20. The molecule has 0 bridgehead atoms. The largest absolute Gasteiger partial charge is 0.490 e. The summed E-state index contributed by atoms with van der Waals surface area (Å²) in [6.45, 7) is 3.71. The summed E-state index contributed by atoms with van der Waals surface area (Å²) >= 11 is 6.34. The molecule has 4 heteroatoms. The fourth-order valence-electron chi connectivity index (χ4n) is 2.06. The number of hydrogen-bond acceptors (Lipinski definition) is 3. The molecule has 0 heterocycles. The van der Waals surface area contributed by atoms with E-state index in [2.05, 4.69) is 5.32 Å². The summed E-state index contributed by atoms with van der Waals surface area (Å²) in [7, 11) is 1.90. The van der Waals surface area contributed by atoms with E-state index in [1.165, 1.54) is 0 Å². The lowest BCUT2D eigenvalue weighted by molar-refractivity contribution is 0.269. The first kappa shape index (κ1) is 15.7. The molecule has 0 unspecified atom stereocenters. The van der Waals surface area contributed by atoms with Gasteiger partial charge in [0.25, 0.3) is 0 Å². The van der Waals surface area contributed by atoms with Gasteiger partial charge in [0, 0.05) is 6.54 Å². The third-order valence-electron chi connectivity index (χ3n) is 2.98. The van der Waals surface area contributed by atoms with Gasteiger partial charge in [-0.05, 0) is 37.2 Å². The van der Waals surface area contributed by atoms with Gasteiger partial charge in [0.05, 0.1) is 11.6 Å². The smallest absolute Gasteiger partial charge is 0.180 e. The molecule has 0 aliphatic heterocycles. The van der Waals surface area contributed by atoms with E-state index in [0.717, 1.165) is 17.7 Å². The van der Waals surface area contributed by atoms with Gasteiger partial charge < -0.3 is 14.8 Å². The molecule has 2 aromatic carbocycles. The number of hydrogen-bond donors (Lipinski definition) is 1. The molecule has 21 heavy (non-hydrogen) atoms. The van der Waals surface area contributed by atoms with Crippen LogP contribution in [0.25, 0.3) is 0 Å². The van der Waals surface area contributed by atoms with Crippen molar-refractivity contribution in [3.8, 4) is 11.5 Å². The highest BCUT2D eigenvalue weighted by Gasteiger charge is 2.12. The van der Waals surface area contributed by atoms with Crippen molar-refractivity contribution in [1.29, 1.82) is 0 Å². The Hall–Kier alpha value is -1.71. The zero-order chi connectivity index (χ0) is 15.1. The molecule has 0 spiro atoms. The van der Waals surface area contributed by atoms with Crippen LogP contribution in [0, 0.1) is 0 Å². The molecular formula is C17H20ClNO2. The number of rotatable bonds is 7. The Labute approximate surface area is 130 Å². The van der Waals surface area contributed by atoms with E-state index in [-0.39, 0.29) is 0 Å². The van der Waals surface area contributed by atoms with E-state index < -0.39 is 0 Å². The van der Waals surface area contributed by atoms with Gasteiger partial charge in [-0.3, -0.25) is 0 Å². The van der Waals surface area contributed by atoms with E-state index >= 15 is 0 Å². The zero-order valence-electron chi connectivity index (χ0n) is 12.4. The number of benzene rings is 2. The number of nitrogens with one attached hydrogen (secondary N) is 1. The fraction of sp³-hybridized carbons (Fsp3) is 0.294. The second-order valence-electron chi connectivity index (χ2n) is 4.64. The van der Waals surface area contributed by atoms with E-state index in [4.69, 9.17) is 21.1 Å². The molecular weight excluding hydrogens is 286 g/mol. The molecule has 0 aliphatic carbocycles. The first-order valence-corrected chi connectivity index (χ1v) is 7.39. The first-order valence-electron chi connectivity index (χ1n) is 7.01. The molecule has 0 aromatic heterocycles. The predicted octanol–water partition coefficient (Wildman–Crippen LogP) is 4.04. The van der Waals surface area contributed by atoms with Gasteiger partial charge in [-0.25, -0.2) is 0 Å². The van der Waals surface area contributed by atoms with Crippen LogP contribution in [0.1, 0.15) is 18.1 Å². The second kappa shape index (κ2) is 7.91. The van der Waals surface area contributed by atoms with E-state index in [0.29, 0.717) is 29.7 Å². The molecule has 1 N–H and O–H groups in total. The summed E-state index contributed by atoms with van der Waals surface area (Å²) in [5, 5.41) is 3.67. The highest BCUT2D eigenvalue weighted by atomic mass is 35.5. The van der Waals surface area contributed by atoms with Crippen molar-refractivity contribution in [2.24, 2.45) is 0 Å². The van der Waals surface area contributed by atoms with Crippen molar-refractivity contribution in [1.82, 2.24) is 5.32 Å². The highest BCUT2D eigenvalue weighted by Crippen LogP contribution is 2.37. The standard InChI is InChI=1S/C17H20ClNO2/c1-3-20-16-10-14(11-19-2)9-15(18)17(16)21-12-13-7-5-4-6-8-13/h4-10,19H,3,11-12H2,1-2H3. The summed E-state index contributed by atoms with van der Waals surface area (Å²) in [5.74, 6) is 1.29. The maximum atomic E-state index is 6.34. The van der Waals surface area contributed by atoms with Crippen LogP contribution in [0.3, 0.4) is 0 Å². The summed E-state index contributed by atoms with van der Waals surface area (Å²) in [4.78, 5) is 0. The second-order valence-corrected chi connectivity index (χ2v) is 5.05. The van der Waals surface area contributed by atoms with E-state index in [1.807, 2.05) is 56.4 Å². The monoisotopic (exact) mass is 305 g/mol. The van der Waals surface area contributed by atoms with Crippen LogP contribution in [0.5, 0.6) is 11.5 Å². The van der Waals surface area contributed by atoms with Gasteiger partial charge in [0.1, 0.15) is 6.61 Å². The lowest BCUT2D eigenvalue weighted by Gasteiger charge is -2.15. The van der Waals surface area contributed by atoms with Crippen molar-refractivity contribution in [3.63, 3.8) is 0 Å². The van der Waals surface area contributed by atoms with Crippen LogP contribution in [0.4, 0.5) is 0 Å². The highest BCUT2D eigenvalue weighted by molar-refractivity contribution is 6.32. The molecule has 112 valence electrons.